The molecule has 0 spiro atoms. The number of rotatable bonds is 4. The zero-order valence-corrected chi connectivity index (χ0v) is 19.9. The predicted octanol–water partition coefficient (Wildman–Crippen LogP) is 4.12. The van der Waals surface area contributed by atoms with Crippen molar-refractivity contribution in [3.63, 3.8) is 0 Å². The van der Waals surface area contributed by atoms with Crippen LogP contribution < -0.4 is 15.0 Å². The minimum absolute atomic E-state index is 0.0506. The van der Waals surface area contributed by atoms with E-state index in [-0.39, 0.29) is 24.3 Å². The second-order valence-electron chi connectivity index (χ2n) is 9.03. The van der Waals surface area contributed by atoms with Gasteiger partial charge in [-0.25, -0.2) is 4.98 Å². The van der Waals surface area contributed by atoms with Gasteiger partial charge in [0.2, 0.25) is 6.79 Å². The lowest BCUT2D eigenvalue weighted by molar-refractivity contribution is 0.0730. The maximum absolute atomic E-state index is 13.9. The number of ether oxygens (including phenoxy) is 2. The molecule has 2 aliphatic heterocycles. The van der Waals surface area contributed by atoms with E-state index in [1.807, 2.05) is 67.6 Å². The number of aromatic nitrogens is 2. The Morgan fingerprint density at radius 3 is 2.28 bits per heavy atom. The largest absolute Gasteiger partial charge is 0.454 e. The quantitative estimate of drug-likeness (QED) is 0.440. The Bertz CT molecular complexity index is 1460. The van der Waals surface area contributed by atoms with Gasteiger partial charge < -0.3 is 14.4 Å². The summed E-state index contributed by atoms with van der Waals surface area (Å²) in [6.07, 6.45) is 0.452. The van der Waals surface area contributed by atoms with Gasteiger partial charge in [0.1, 0.15) is 5.82 Å². The molecule has 1 aromatic heterocycles. The van der Waals surface area contributed by atoms with Gasteiger partial charge in [-0.2, -0.15) is 0 Å². The van der Waals surface area contributed by atoms with Crippen molar-refractivity contribution in [3.05, 3.63) is 123 Å². The number of hydrogen-bond donors (Lipinski definition) is 0. The molecule has 0 saturated carbocycles. The Morgan fingerprint density at radius 1 is 0.917 bits per heavy atom. The maximum Gasteiger partial charge on any atom is 0.257 e. The third kappa shape index (κ3) is 3.82. The average molecular weight is 480 g/mol. The van der Waals surface area contributed by atoms with Crippen molar-refractivity contribution in [2.75, 3.05) is 13.3 Å². The van der Waals surface area contributed by atoms with E-state index in [4.69, 9.17) is 14.5 Å². The van der Waals surface area contributed by atoms with Crippen LogP contribution in [0.2, 0.25) is 0 Å². The van der Waals surface area contributed by atoms with Crippen LogP contribution in [0.25, 0.3) is 0 Å². The van der Waals surface area contributed by atoms with Gasteiger partial charge in [-0.05, 0) is 42.7 Å². The van der Waals surface area contributed by atoms with Crippen LogP contribution in [0.4, 0.5) is 0 Å². The lowest BCUT2D eigenvalue weighted by Gasteiger charge is -2.30. The summed E-state index contributed by atoms with van der Waals surface area (Å²) in [4.78, 5) is 33.7. The Morgan fingerprint density at radius 2 is 1.58 bits per heavy atom. The van der Waals surface area contributed by atoms with E-state index < -0.39 is 0 Å². The van der Waals surface area contributed by atoms with Crippen molar-refractivity contribution < 1.29 is 14.3 Å². The first-order chi connectivity index (χ1) is 17.6. The van der Waals surface area contributed by atoms with E-state index in [2.05, 4.69) is 0 Å². The van der Waals surface area contributed by atoms with Gasteiger partial charge in [-0.15, -0.1) is 0 Å². The molecule has 0 atom stereocenters. The monoisotopic (exact) mass is 479 g/mol. The number of hydrogen-bond acceptors (Lipinski definition) is 5. The van der Waals surface area contributed by atoms with Crippen LogP contribution in [0, 0.1) is 6.92 Å². The van der Waals surface area contributed by atoms with Gasteiger partial charge >= 0.3 is 0 Å². The highest BCUT2D eigenvalue weighted by atomic mass is 16.7. The smallest absolute Gasteiger partial charge is 0.257 e. The molecule has 0 radical (unpaired) electrons. The first kappa shape index (κ1) is 22.1. The first-order valence-corrected chi connectivity index (χ1v) is 12.0. The molecule has 6 rings (SSSR count). The highest BCUT2D eigenvalue weighted by Gasteiger charge is 2.29. The molecular weight excluding hydrogens is 454 g/mol. The molecule has 0 aliphatic carbocycles. The van der Waals surface area contributed by atoms with Crippen LogP contribution in [0.1, 0.15) is 44.6 Å². The summed E-state index contributed by atoms with van der Waals surface area (Å²) in [5.41, 5.74) is 3.85. The summed E-state index contributed by atoms with van der Waals surface area (Å²) in [5, 5.41) is 0. The van der Waals surface area contributed by atoms with E-state index in [9.17, 15) is 9.59 Å². The summed E-state index contributed by atoms with van der Waals surface area (Å²) < 4.78 is 12.6. The lowest BCUT2D eigenvalue weighted by Crippen LogP contribution is -2.42. The molecule has 0 bridgehead atoms. The average Bonchev–Trinajstić information content (AvgIpc) is 3.39. The number of amides is 1. The van der Waals surface area contributed by atoms with Crippen molar-refractivity contribution in [1.29, 1.82) is 0 Å². The molecule has 1 amide bonds. The molecule has 0 unspecified atom stereocenters. The zero-order valence-electron chi connectivity index (χ0n) is 19.9. The SMILES string of the molecule is Cc1nc2c(c(=O)n1C(c1ccccc1)c1ccccc1)CCN(C(=O)c1ccc3c(c1)OCO3)C2. The number of benzene rings is 3. The van der Waals surface area contributed by atoms with E-state index in [0.29, 0.717) is 53.7 Å². The van der Waals surface area contributed by atoms with Crippen molar-refractivity contribution in [2.24, 2.45) is 0 Å². The summed E-state index contributed by atoms with van der Waals surface area (Å²) in [5.74, 6) is 1.71. The number of fused-ring (bicyclic) bond motifs is 2. The molecule has 3 aromatic carbocycles. The highest BCUT2D eigenvalue weighted by molar-refractivity contribution is 5.95. The summed E-state index contributed by atoms with van der Waals surface area (Å²) in [6, 6.07) is 24.9. The van der Waals surface area contributed by atoms with Crippen LogP contribution in [0.3, 0.4) is 0 Å². The topological polar surface area (TPSA) is 73.7 Å². The molecule has 2 aliphatic rings. The van der Waals surface area contributed by atoms with Crippen molar-refractivity contribution in [3.8, 4) is 11.5 Å². The van der Waals surface area contributed by atoms with Gasteiger partial charge in [0, 0.05) is 17.7 Å². The molecule has 180 valence electrons. The minimum Gasteiger partial charge on any atom is -0.454 e. The first-order valence-electron chi connectivity index (χ1n) is 12.0. The standard InChI is InChI=1S/C29H25N3O4/c1-19-30-24-17-31(28(33)22-12-13-25-26(16-22)36-18-35-25)15-14-23(24)29(34)32(19)27(20-8-4-2-5-9-20)21-10-6-3-7-11-21/h2-13,16,27H,14-15,17-18H2,1H3. The molecule has 7 nitrogen and oxygen atoms in total. The van der Waals surface area contributed by atoms with E-state index in [1.165, 1.54) is 0 Å². The van der Waals surface area contributed by atoms with Crippen molar-refractivity contribution in [2.45, 2.75) is 25.9 Å². The Balaban J connectivity index is 1.36. The fourth-order valence-corrected chi connectivity index (χ4v) is 5.07. The molecule has 7 heteroatoms. The van der Waals surface area contributed by atoms with Gasteiger partial charge in [0.25, 0.3) is 11.5 Å². The van der Waals surface area contributed by atoms with Gasteiger partial charge in [-0.1, -0.05) is 60.7 Å². The molecule has 36 heavy (non-hydrogen) atoms. The lowest BCUT2D eigenvalue weighted by atomic mass is 9.97. The Labute approximate surface area is 208 Å². The van der Waals surface area contributed by atoms with Crippen molar-refractivity contribution in [1.82, 2.24) is 14.5 Å². The molecular formula is C29H25N3O4. The number of carbonyl (C=O) groups excluding carboxylic acids is 1. The van der Waals surface area contributed by atoms with E-state index in [0.717, 1.165) is 11.1 Å². The van der Waals surface area contributed by atoms with Crippen LogP contribution in [-0.2, 0) is 13.0 Å². The summed E-state index contributed by atoms with van der Waals surface area (Å²) in [6.45, 7) is 2.76. The van der Waals surface area contributed by atoms with Crippen LogP contribution in [-0.4, -0.2) is 33.7 Å². The van der Waals surface area contributed by atoms with Crippen molar-refractivity contribution >= 4 is 5.91 Å². The van der Waals surface area contributed by atoms with E-state index >= 15 is 0 Å². The maximum atomic E-state index is 13.9. The Kier molecular flexibility index (Phi) is 5.52. The predicted molar refractivity (Wildman–Crippen MR) is 134 cm³/mol. The van der Waals surface area contributed by atoms with Crippen LogP contribution in [0.15, 0.2) is 83.7 Å². The zero-order chi connectivity index (χ0) is 24.6. The van der Waals surface area contributed by atoms with Gasteiger partial charge in [0.05, 0.1) is 18.3 Å². The molecule has 0 N–H and O–H groups in total. The summed E-state index contributed by atoms with van der Waals surface area (Å²) in [7, 11) is 0. The van der Waals surface area contributed by atoms with E-state index in [1.54, 1.807) is 27.7 Å². The number of aryl methyl sites for hydroxylation is 1. The molecule has 0 fully saturated rings. The third-order valence-electron chi connectivity index (χ3n) is 6.84. The minimum atomic E-state index is -0.286. The second-order valence-corrected chi connectivity index (χ2v) is 9.03. The fraction of sp³-hybridized carbons (Fsp3) is 0.207. The van der Waals surface area contributed by atoms with Crippen LogP contribution >= 0.6 is 0 Å². The fourth-order valence-electron chi connectivity index (χ4n) is 5.07. The molecule has 4 aromatic rings. The number of nitrogens with zero attached hydrogens (tertiary/aromatic N) is 3. The van der Waals surface area contributed by atoms with Gasteiger partial charge in [-0.3, -0.25) is 14.2 Å². The number of carbonyl (C=O) groups is 1. The third-order valence-corrected chi connectivity index (χ3v) is 6.84. The highest BCUT2D eigenvalue weighted by Crippen LogP contribution is 2.33. The molecule has 3 heterocycles. The normalized spacial score (nSPS) is 14.1. The second kappa shape index (κ2) is 9.00. The Hall–Kier alpha value is -4.39. The molecule has 0 saturated heterocycles. The van der Waals surface area contributed by atoms with Gasteiger partial charge in [0.15, 0.2) is 11.5 Å². The summed E-state index contributed by atoms with van der Waals surface area (Å²) >= 11 is 0. The van der Waals surface area contributed by atoms with Crippen LogP contribution in [0.5, 0.6) is 11.5 Å².